The van der Waals surface area contributed by atoms with E-state index in [4.69, 9.17) is 9.47 Å². The number of amides is 1. The minimum atomic E-state index is -3.25. The Bertz CT molecular complexity index is 1090. The molecule has 0 unspecified atom stereocenters. The zero-order valence-corrected chi connectivity index (χ0v) is 18.1. The molecule has 11 heteroatoms. The van der Waals surface area contributed by atoms with E-state index in [-0.39, 0.29) is 18.4 Å². The fourth-order valence-corrected chi connectivity index (χ4v) is 5.17. The predicted molar refractivity (Wildman–Crippen MR) is 108 cm³/mol. The smallest absolute Gasteiger partial charge is 0.325 e. The third-order valence-corrected chi connectivity index (χ3v) is 7.23. The highest BCUT2D eigenvalue weighted by atomic mass is 32.2. The molecule has 0 N–H and O–H groups in total. The van der Waals surface area contributed by atoms with Crippen LogP contribution in [0.1, 0.15) is 12.8 Å². The van der Waals surface area contributed by atoms with Crippen molar-refractivity contribution in [2.24, 2.45) is 10.9 Å². The van der Waals surface area contributed by atoms with Gasteiger partial charge in [0.05, 0.1) is 30.7 Å². The maximum Gasteiger partial charge on any atom is 0.325 e. The van der Waals surface area contributed by atoms with E-state index in [1.807, 2.05) is 12.1 Å². The first kappa shape index (κ1) is 21.5. The second kappa shape index (κ2) is 8.64. The molecular weight excluding hydrogens is 418 g/mol. The third kappa shape index (κ3) is 4.85. The van der Waals surface area contributed by atoms with Gasteiger partial charge in [-0.2, -0.15) is 4.99 Å². The standard InChI is InChI=1S/C18H23N3O6S2/c1-26-13-4-5-14-15(10-13)28-18(21(14)11-16(22)27-2)19-17(23)12-6-8-20(9-7-12)29(3,24)25/h4-5,10,12H,6-9,11H2,1-3H3. The van der Waals surface area contributed by atoms with Crippen LogP contribution in [0.5, 0.6) is 5.75 Å². The number of ether oxygens (including phenoxy) is 2. The van der Waals surface area contributed by atoms with E-state index in [1.54, 1.807) is 17.7 Å². The van der Waals surface area contributed by atoms with Crippen LogP contribution in [-0.2, 0) is 30.9 Å². The Morgan fingerprint density at radius 3 is 2.52 bits per heavy atom. The molecule has 1 aliphatic rings. The monoisotopic (exact) mass is 441 g/mol. The van der Waals surface area contributed by atoms with Gasteiger partial charge >= 0.3 is 5.97 Å². The number of carbonyl (C=O) groups is 2. The maximum absolute atomic E-state index is 12.7. The summed E-state index contributed by atoms with van der Waals surface area (Å²) < 4.78 is 37.1. The van der Waals surface area contributed by atoms with Gasteiger partial charge in [0, 0.05) is 19.0 Å². The van der Waals surface area contributed by atoms with Crippen molar-refractivity contribution in [2.75, 3.05) is 33.6 Å². The lowest BCUT2D eigenvalue weighted by molar-refractivity contribution is -0.141. The van der Waals surface area contributed by atoms with Gasteiger partial charge in [-0.25, -0.2) is 12.7 Å². The Balaban J connectivity index is 1.93. The van der Waals surface area contributed by atoms with Gasteiger partial charge in [-0.1, -0.05) is 11.3 Å². The number of esters is 1. The molecule has 9 nitrogen and oxygen atoms in total. The highest BCUT2D eigenvalue weighted by Crippen LogP contribution is 2.24. The number of piperidine rings is 1. The van der Waals surface area contributed by atoms with Gasteiger partial charge < -0.3 is 14.0 Å². The summed E-state index contributed by atoms with van der Waals surface area (Å²) in [5.41, 5.74) is 0.750. The van der Waals surface area contributed by atoms with E-state index >= 15 is 0 Å². The van der Waals surface area contributed by atoms with Crippen molar-refractivity contribution < 1.29 is 27.5 Å². The van der Waals surface area contributed by atoms with Crippen LogP contribution >= 0.6 is 11.3 Å². The lowest BCUT2D eigenvalue weighted by atomic mass is 9.98. The molecule has 3 rings (SSSR count). The van der Waals surface area contributed by atoms with Crippen molar-refractivity contribution in [3.63, 3.8) is 0 Å². The molecule has 0 atom stereocenters. The second-order valence-electron chi connectivity index (χ2n) is 6.77. The van der Waals surface area contributed by atoms with Crippen molar-refractivity contribution in [3.8, 4) is 5.75 Å². The third-order valence-electron chi connectivity index (χ3n) is 4.88. The summed E-state index contributed by atoms with van der Waals surface area (Å²) in [4.78, 5) is 29.3. The zero-order valence-electron chi connectivity index (χ0n) is 16.5. The molecule has 0 spiro atoms. The van der Waals surface area contributed by atoms with Crippen LogP contribution in [0.2, 0.25) is 0 Å². The Morgan fingerprint density at radius 1 is 1.24 bits per heavy atom. The Kier molecular flexibility index (Phi) is 6.39. The summed E-state index contributed by atoms with van der Waals surface area (Å²) in [5.74, 6) is -0.444. The summed E-state index contributed by atoms with van der Waals surface area (Å²) in [6, 6.07) is 5.40. The number of hydrogen-bond acceptors (Lipinski definition) is 7. The quantitative estimate of drug-likeness (QED) is 0.641. The Labute approximate surface area is 172 Å². The van der Waals surface area contributed by atoms with E-state index in [2.05, 4.69) is 4.99 Å². The van der Waals surface area contributed by atoms with Crippen molar-refractivity contribution in [1.82, 2.24) is 8.87 Å². The van der Waals surface area contributed by atoms with Gasteiger partial charge in [0.25, 0.3) is 5.91 Å². The number of methoxy groups -OCH3 is 2. The van der Waals surface area contributed by atoms with Crippen molar-refractivity contribution in [3.05, 3.63) is 23.0 Å². The van der Waals surface area contributed by atoms with Gasteiger partial charge in [-0.15, -0.1) is 0 Å². The number of fused-ring (bicyclic) bond motifs is 1. The largest absolute Gasteiger partial charge is 0.497 e. The number of rotatable bonds is 5. The molecule has 0 bridgehead atoms. The first-order valence-electron chi connectivity index (χ1n) is 9.01. The van der Waals surface area contributed by atoms with Crippen molar-refractivity contribution in [1.29, 1.82) is 0 Å². The Hall–Kier alpha value is -2.24. The molecule has 1 aromatic heterocycles. The fourth-order valence-electron chi connectivity index (χ4n) is 3.23. The molecule has 1 fully saturated rings. The first-order valence-corrected chi connectivity index (χ1v) is 11.7. The summed E-state index contributed by atoms with van der Waals surface area (Å²) in [7, 11) is -0.387. The highest BCUT2D eigenvalue weighted by molar-refractivity contribution is 7.88. The van der Waals surface area contributed by atoms with Gasteiger partial charge in [0.2, 0.25) is 10.0 Å². The summed E-state index contributed by atoms with van der Waals surface area (Å²) in [6.45, 7) is 0.536. The number of benzene rings is 1. The number of thiazole rings is 1. The molecule has 0 aliphatic carbocycles. The zero-order chi connectivity index (χ0) is 21.2. The number of aromatic nitrogens is 1. The fraction of sp³-hybridized carbons (Fsp3) is 0.500. The molecule has 0 saturated carbocycles. The molecule has 1 aliphatic heterocycles. The molecule has 0 radical (unpaired) electrons. The predicted octanol–water partition coefficient (Wildman–Crippen LogP) is 0.983. The van der Waals surface area contributed by atoms with Crippen molar-refractivity contribution in [2.45, 2.75) is 19.4 Å². The van der Waals surface area contributed by atoms with Crippen LogP contribution in [0.15, 0.2) is 23.2 Å². The van der Waals surface area contributed by atoms with Gasteiger partial charge in [-0.3, -0.25) is 9.59 Å². The average Bonchev–Trinajstić information content (AvgIpc) is 3.03. The molecule has 2 aromatic rings. The molecule has 1 saturated heterocycles. The van der Waals surface area contributed by atoms with Crippen LogP contribution in [0, 0.1) is 5.92 Å². The van der Waals surface area contributed by atoms with E-state index in [1.165, 1.54) is 29.0 Å². The normalized spacial score (nSPS) is 16.9. The van der Waals surface area contributed by atoms with E-state index in [0.717, 1.165) is 10.2 Å². The van der Waals surface area contributed by atoms with Crippen molar-refractivity contribution >= 4 is 43.5 Å². The highest BCUT2D eigenvalue weighted by Gasteiger charge is 2.29. The molecule has 2 heterocycles. The minimum absolute atomic E-state index is 0.0680. The minimum Gasteiger partial charge on any atom is -0.497 e. The number of sulfonamides is 1. The van der Waals surface area contributed by atoms with Gasteiger partial charge in [-0.05, 0) is 31.0 Å². The van der Waals surface area contributed by atoms with E-state index < -0.39 is 16.0 Å². The molecular formula is C18H23N3O6S2. The van der Waals surface area contributed by atoms with Crippen LogP contribution in [0.4, 0.5) is 0 Å². The lowest BCUT2D eigenvalue weighted by Gasteiger charge is -2.28. The second-order valence-corrected chi connectivity index (χ2v) is 9.76. The SMILES string of the molecule is COC(=O)Cn1c(=NC(=O)C2CCN(S(C)(=O)=O)CC2)sc2cc(OC)ccc21. The van der Waals surface area contributed by atoms with Crippen LogP contribution in [0.3, 0.4) is 0 Å². The van der Waals surface area contributed by atoms with Crippen LogP contribution in [0.25, 0.3) is 10.2 Å². The number of nitrogens with zero attached hydrogens (tertiary/aromatic N) is 3. The van der Waals surface area contributed by atoms with E-state index in [9.17, 15) is 18.0 Å². The van der Waals surface area contributed by atoms with Gasteiger partial charge in [0.1, 0.15) is 12.3 Å². The molecule has 1 aromatic carbocycles. The topological polar surface area (TPSA) is 107 Å². The van der Waals surface area contributed by atoms with Crippen LogP contribution < -0.4 is 9.54 Å². The lowest BCUT2D eigenvalue weighted by Crippen LogP contribution is -2.39. The summed E-state index contributed by atoms with van der Waals surface area (Å²) in [6.07, 6.45) is 2.01. The maximum atomic E-state index is 12.7. The number of hydrogen-bond donors (Lipinski definition) is 0. The molecule has 29 heavy (non-hydrogen) atoms. The first-order chi connectivity index (χ1) is 13.7. The summed E-state index contributed by atoms with van der Waals surface area (Å²) >= 11 is 1.28. The summed E-state index contributed by atoms with van der Waals surface area (Å²) in [5, 5.41) is 0. The molecule has 1 amide bonds. The molecule has 158 valence electrons. The van der Waals surface area contributed by atoms with E-state index in [0.29, 0.717) is 36.5 Å². The average molecular weight is 442 g/mol. The number of carbonyl (C=O) groups excluding carboxylic acids is 2. The van der Waals surface area contributed by atoms with Crippen LogP contribution in [-0.4, -0.2) is 62.7 Å². The van der Waals surface area contributed by atoms with Gasteiger partial charge in [0.15, 0.2) is 4.80 Å². The Morgan fingerprint density at radius 2 is 1.93 bits per heavy atom.